The first-order valence-electron chi connectivity index (χ1n) is 6.99. The van der Waals surface area contributed by atoms with Crippen LogP contribution < -0.4 is 5.73 Å². The third kappa shape index (κ3) is 3.32. The minimum atomic E-state index is -0.0105. The topological polar surface area (TPSA) is 59.2 Å². The highest BCUT2D eigenvalue weighted by atomic mass is 79.9. The molecule has 2 rings (SSSR count). The molecule has 0 aromatic carbocycles. The highest BCUT2D eigenvalue weighted by Gasteiger charge is 2.31. The van der Waals surface area contributed by atoms with Gasteiger partial charge in [-0.25, -0.2) is 4.98 Å². The standard InChI is InChI=1S/C15H22BrN3O/c1-15(2,3)10-4-6-19(7-5-10)14(20)12-8-11(16)9-18-13(12)17/h8-10H,4-7H2,1-3H3,(H2,17,18). The fourth-order valence-corrected chi connectivity index (χ4v) is 3.07. The normalized spacial score (nSPS) is 17.3. The molecule has 1 aliphatic heterocycles. The van der Waals surface area contributed by atoms with E-state index in [0.717, 1.165) is 30.4 Å². The molecular formula is C15H22BrN3O. The summed E-state index contributed by atoms with van der Waals surface area (Å²) in [4.78, 5) is 18.4. The molecule has 1 aromatic heterocycles. The van der Waals surface area contributed by atoms with Gasteiger partial charge in [0.15, 0.2) is 0 Å². The quantitative estimate of drug-likeness (QED) is 0.853. The first kappa shape index (κ1) is 15.3. The van der Waals surface area contributed by atoms with Crippen molar-refractivity contribution in [3.05, 3.63) is 22.3 Å². The highest BCUT2D eigenvalue weighted by Crippen LogP contribution is 2.34. The average molecular weight is 340 g/mol. The first-order chi connectivity index (χ1) is 9.29. The summed E-state index contributed by atoms with van der Waals surface area (Å²) < 4.78 is 0.777. The molecule has 1 saturated heterocycles. The summed E-state index contributed by atoms with van der Waals surface area (Å²) >= 11 is 3.34. The minimum Gasteiger partial charge on any atom is -0.383 e. The van der Waals surface area contributed by atoms with Crippen molar-refractivity contribution in [2.75, 3.05) is 18.8 Å². The van der Waals surface area contributed by atoms with Crippen LogP contribution in [0.5, 0.6) is 0 Å². The van der Waals surface area contributed by atoms with Crippen molar-refractivity contribution < 1.29 is 4.79 Å². The van der Waals surface area contributed by atoms with Crippen LogP contribution in [0.1, 0.15) is 44.0 Å². The molecule has 0 spiro atoms. The van der Waals surface area contributed by atoms with Gasteiger partial charge in [0.05, 0.1) is 5.56 Å². The minimum absolute atomic E-state index is 0.0105. The zero-order chi connectivity index (χ0) is 14.9. The molecule has 0 saturated carbocycles. The molecule has 1 aliphatic rings. The van der Waals surface area contributed by atoms with Crippen LogP contribution in [0.4, 0.5) is 5.82 Å². The number of nitrogens with two attached hydrogens (primary N) is 1. The summed E-state index contributed by atoms with van der Waals surface area (Å²) in [5, 5.41) is 0. The van der Waals surface area contributed by atoms with Crippen LogP contribution in [0.3, 0.4) is 0 Å². The lowest BCUT2D eigenvalue weighted by Crippen LogP contribution is -2.41. The monoisotopic (exact) mass is 339 g/mol. The number of piperidine rings is 1. The van der Waals surface area contributed by atoms with Crippen LogP contribution in [0.2, 0.25) is 0 Å². The van der Waals surface area contributed by atoms with Crippen molar-refractivity contribution in [3.8, 4) is 0 Å². The second-order valence-corrected chi connectivity index (χ2v) is 7.43. The third-order valence-electron chi connectivity index (χ3n) is 4.12. The van der Waals surface area contributed by atoms with Crippen molar-refractivity contribution >= 4 is 27.7 Å². The van der Waals surface area contributed by atoms with Gasteiger partial charge in [0.2, 0.25) is 0 Å². The summed E-state index contributed by atoms with van der Waals surface area (Å²) in [6.07, 6.45) is 3.71. The molecule has 110 valence electrons. The lowest BCUT2D eigenvalue weighted by molar-refractivity contribution is 0.0609. The smallest absolute Gasteiger partial charge is 0.257 e. The number of rotatable bonds is 1. The van der Waals surface area contributed by atoms with Crippen LogP contribution in [0, 0.1) is 11.3 Å². The maximum absolute atomic E-state index is 12.5. The van der Waals surface area contributed by atoms with Gasteiger partial charge < -0.3 is 10.6 Å². The van der Waals surface area contributed by atoms with E-state index in [9.17, 15) is 4.79 Å². The van der Waals surface area contributed by atoms with E-state index in [1.165, 1.54) is 0 Å². The second kappa shape index (κ2) is 5.72. The first-order valence-corrected chi connectivity index (χ1v) is 7.78. The van der Waals surface area contributed by atoms with Crippen LogP contribution in [-0.2, 0) is 0 Å². The Labute approximate surface area is 128 Å². The van der Waals surface area contributed by atoms with Crippen LogP contribution in [-0.4, -0.2) is 28.9 Å². The van der Waals surface area contributed by atoms with Gasteiger partial charge in [0, 0.05) is 23.8 Å². The van der Waals surface area contributed by atoms with E-state index >= 15 is 0 Å². The Morgan fingerprint density at radius 1 is 1.40 bits per heavy atom. The zero-order valence-corrected chi connectivity index (χ0v) is 13.9. The van der Waals surface area contributed by atoms with Gasteiger partial charge in [-0.2, -0.15) is 0 Å². The Morgan fingerprint density at radius 2 is 2.00 bits per heavy atom. The molecular weight excluding hydrogens is 318 g/mol. The van der Waals surface area contributed by atoms with Gasteiger partial charge in [0.25, 0.3) is 5.91 Å². The molecule has 1 fully saturated rings. The number of halogens is 1. The van der Waals surface area contributed by atoms with Crippen LogP contribution >= 0.6 is 15.9 Å². The maximum Gasteiger partial charge on any atom is 0.257 e. The number of anilines is 1. The summed E-state index contributed by atoms with van der Waals surface area (Å²) in [7, 11) is 0. The largest absolute Gasteiger partial charge is 0.383 e. The van der Waals surface area contributed by atoms with E-state index in [2.05, 4.69) is 41.7 Å². The van der Waals surface area contributed by atoms with Crippen LogP contribution in [0.15, 0.2) is 16.7 Å². The van der Waals surface area contributed by atoms with Gasteiger partial charge >= 0.3 is 0 Å². The summed E-state index contributed by atoms with van der Waals surface area (Å²) in [5.41, 5.74) is 6.62. The summed E-state index contributed by atoms with van der Waals surface area (Å²) in [5.74, 6) is 0.962. The SMILES string of the molecule is CC(C)(C)C1CCN(C(=O)c2cc(Br)cnc2N)CC1. The predicted octanol–water partition coefficient (Wildman–Crippen LogP) is 3.32. The molecule has 1 amide bonds. The van der Waals surface area contributed by atoms with Gasteiger partial charge in [0.1, 0.15) is 5.82 Å². The van der Waals surface area contributed by atoms with Crippen molar-refractivity contribution in [1.82, 2.24) is 9.88 Å². The Hall–Kier alpha value is -1.10. The fourth-order valence-electron chi connectivity index (χ4n) is 2.74. The van der Waals surface area contributed by atoms with E-state index in [4.69, 9.17) is 5.73 Å². The van der Waals surface area contributed by atoms with E-state index < -0.39 is 0 Å². The number of pyridine rings is 1. The Kier molecular flexibility index (Phi) is 4.37. The number of nitrogen functional groups attached to an aromatic ring is 1. The Balaban J connectivity index is 2.07. The van der Waals surface area contributed by atoms with Crippen molar-refractivity contribution in [2.24, 2.45) is 11.3 Å². The second-order valence-electron chi connectivity index (χ2n) is 6.52. The van der Waals surface area contributed by atoms with Gasteiger partial charge in [-0.3, -0.25) is 4.79 Å². The van der Waals surface area contributed by atoms with Crippen molar-refractivity contribution in [1.29, 1.82) is 0 Å². The molecule has 0 unspecified atom stereocenters. The predicted molar refractivity (Wildman–Crippen MR) is 84.4 cm³/mol. The molecule has 2 N–H and O–H groups in total. The highest BCUT2D eigenvalue weighted by molar-refractivity contribution is 9.10. The number of carbonyl (C=O) groups excluding carboxylic acids is 1. The average Bonchev–Trinajstić information content (AvgIpc) is 2.40. The molecule has 0 atom stereocenters. The summed E-state index contributed by atoms with van der Waals surface area (Å²) in [6.45, 7) is 8.40. The zero-order valence-electron chi connectivity index (χ0n) is 12.3. The van der Waals surface area contributed by atoms with Crippen LogP contribution in [0.25, 0.3) is 0 Å². The molecule has 0 bridgehead atoms. The molecule has 20 heavy (non-hydrogen) atoms. The van der Waals surface area contributed by atoms with E-state index in [-0.39, 0.29) is 5.91 Å². The number of hydrogen-bond acceptors (Lipinski definition) is 3. The lowest BCUT2D eigenvalue weighted by Gasteiger charge is -2.38. The van der Waals surface area contributed by atoms with Gasteiger partial charge in [-0.05, 0) is 46.2 Å². The molecule has 1 aromatic rings. The molecule has 2 heterocycles. The Morgan fingerprint density at radius 3 is 2.55 bits per heavy atom. The fraction of sp³-hybridized carbons (Fsp3) is 0.600. The van der Waals surface area contributed by atoms with Gasteiger partial charge in [-0.15, -0.1) is 0 Å². The lowest BCUT2D eigenvalue weighted by atomic mass is 9.75. The van der Waals surface area contributed by atoms with E-state index in [1.54, 1.807) is 12.3 Å². The molecule has 4 nitrogen and oxygen atoms in total. The van der Waals surface area contributed by atoms with Crippen molar-refractivity contribution in [3.63, 3.8) is 0 Å². The number of carbonyl (C=O) groups is 1. The number of nitrogens with zero attached hydrogens (tertiary/aromatic N) is 2. The summed E-state index contributed by atoms with van der Waals surface area (Å²) in [6, 6.07) is 1.75. The number of likely N-dealkylation sites (tertiary alicyclic amines) is 1. The van der Waals surface area contributed by atoms with E-state index in [1.807, 2.05) is 4.90 Å². The number of hydrogen-bond donors (Lipinski definition) is 1. The third-order valence-corrected chi connectivity index (χ3v) is 4.56. The maximum atomic E-state index is 12.5. The van der Waals surface area contributed by atoms with Gasteiger partial charge in [-0.1, -0.05) is 20.8 Å². The molecule has 0 radical (unpaired) electrons. The number of aromatic nitrogens is 1. The van der Waals surface area contributed by atoms with E-state index in [0.29, 0.717) is 22.7 Å². The molecule has 5 heteroatoms. The Bertz CT molecular complexity index is 502. The number of amides is 1. The van der Waals surface area contributed by atoms with Crippen molar-refractivity contribution in [2.45, 2.75) is 33.6 Å². The molecule has 0 aliphatic carbocycles.